The lowest BCUT2D eigenvalue weighted by atomic mass is 9.93. The van der Waals surface area contributed by atoms with E-state index < -0.39 is 28.4 Å². The number of aryl methyl sites for hydroxylation is 1. The Bertz CT molecular complexity index is 1790. The molecule has 0 radical (unpaired) electrons. The molecule has 43 heavy (non-hydrogen) atoms. The van der Waals surface area contributed by atoms with Crippen LogP contribution in [0.2, 0.25) is 0 Å². The molecule has 0 aliphatic carbocycles. The molecule has 1 aliphatic heterocycles. The maximum Gasteiger partial charge on any atom is 0.443 e. The van der Waals surface area contributed by atoms with Gasteiger partial charge in [0.05, 0.1) is 29.8 Å². The molecule has 1 atom stereocenters. The highest BCUT2D eigenvalue weighted by Crippen LogP contribution is 2.42. The van der Waals surface area contributed by atoms with Crippen molar-refractivity contribution < 1.29 is 36.2 Å². The van der Waals surface area contributed by atoms with Crippen LogP contribution in [0.25, 0.3) is 21.5 Å². The third kappa shape index (κ3) is 6.21. The number of hydrogen-bond donors (Lipinski definition) is 1. The van der Waals surface area contributed by atoms with E-state index in [-0.39, 0.29) is 70.1 Å². The summed E-state index contributed by atoms with van der Waals surface area (Å²) in [7, 11) is 1.33. The Morgan fingerprint density at radius 1 is 1.02 bits per heavy atom. The van der Waals surface area contributed by atoms with Crippen LogP contribution in [0.1, 0.15) is 36.8 Å². The average Bonchev–Trinajstić information content (AvgIpc) is 3.43. The van der Waals surface area contributed by atoms with Crippen LogP contribution in [-0.2, 0) is 17.5 Å². The molecule has 0 saturated carbocycles. The number of carbonyl (C=O) groups is 1. The van der Waals surface area contributed by atoms with Crippen molar-refractivity contribution in [1.29, 1.82) is 0 Å². The lowest BCUT2D eigenvalue weighted by Gasteiger charge is -2.20. The predicted molar refractivity (Wildman–Crippen MR) is 148 cm³/mol. The second kappa shape index (κ2) is 12.1. The molecular formula is C28H24F5N5O4S. The predicted octanol–water partition coefficient (Wildman–Crippen LogP) is 5.54. The number of alkyl halides is 3. The van der Waals surface area contributed by atoms with Crippen molar-refractivity contribution in [3.05, 3.63) is 69.0 Å². The van der Waals surface area contributed by atoms with Gasteiger partial charge in [0.15, 0.2) is 16.6 Å². The Morgan fingerprint density at radius 2 is 1.77 bits per heavy atom. The van der Waals surface area contributed by atoms with Gasteiger partial charge in [-0.25, -0.2) is 19.5 Å². The van der Waals surface area contributed by atoms with Crippen LogP contribution in [0, 0.1) is 17.6 Å². The number of nitrogens with zero attached hydrogens (tertiary/aromatic N) is 4. The molecule has 2 aromatic carbocycles. The summed E-state index contributed by atoms with van der Waals surface area (Å²) in [6, 6.07) is 8.36. The van der Waals surface area contributed by atoms with Crippen molar-refractivity contribution in [1.82, 2.24) is 20.2 Å². The number of halogens is 5. The Morgan fingerprint density at radius 3 is 2.49 bits per heavy atom. The summed E-state index contributed by atoms with van der Waals surface area (Å²) in [5, 5.41) is 7.17. The normalized spacial score (nSPS) is 15.4. The molecule has 2 aromatic heterocycles. The first-order chi connectivity index (χ1) is 20.5. The van der Waals surface area contributed by atoms with Gasteiger partial charge in [0.25, 0.3) is 5.56 Å². The van der Waals surface area contributed by atoms with Crippen LogP contribution in [0.3, 0.4) is 0 Å². The first kappa shape index (κ1) is 30.1. The van der Waals surface area contributed by atoms with Gasteiger partial charge in [-0.15, -0.1) is 11.3 Å². The number of ether oxygens (including phenoxy) is 2. The van der Waals surface area contributed by atoms with Crippen molar-refractivity contribution in [2.24, 2.45) is 11.0 Å². The third-order valence-corrected chi connectivity index (χ3v) is 7.85. The number of carbonyl (C=O) groups excluding carboxylic acids is 1. The molecule has 0 fully saturated rings. The summed E-state index contributed by atoms with van der Waals surface area (Å²) in [5.74, 6) is -3.13. The summed E-state index contributed by atoms with van der Waals surface area (Å²) >= 11 is 0.458. The lowest BCUT2D eigenvalue weighted by Crippen LogP contribution is -2.32. The first-order valence-corrected chi connectivity index (χ1v) is 13.9. The molecule has 0 bridgehead atoms. The highest BCUT2D eigenvalue weighted by Gasteiger charge is 2.36. The Kier molecular flexibility index (Phi) is 8.44. The van der Waals surface area contributed by atoms with Crippen molar-refractivity contribution in [2.45, 2.75) is 38.9 Å². The maximum atomic E-state index is 14.8. The zero-order chi connectivity index (χ0) is 30.9. The Hall–Kier alpha value is -4.40. The number of aromatic nitrogens is 3. The zero-order valence-corrected chi connectivity index (χ0v) is 23.6. The molecule has 9 nitrogen and oxygen atoms in total. The number of benzene rings is 2. The number of rotatable bonds is 9. The van der Waals surface area contributed by atoms with E-state index in [4.69, 9.17) is 9.47 Å². The molecule has 0 spiro atoms. The van der Waals surface area contributed by atoms with Gasteiger partial charge in [0.2, 0.25) is 11.7 Å². The lowest BCUT2D eigenvalue weighted by molar-refractivity contribution is -0.137. The SMILES string of the molecule is COc1ccc(-c2ccc(=O)n(CCCCOc3ccc(C4=NNC(=O)CC4C)c(F)c3F)n2)c2sc(C(F)(F)F)nc12. The van der Waals surface area contributed by atoms with Gasteiger partial charge in [-0.3, -0.25) is 9.59 Å². The van der Waals surface area contributed by atoms with Gasteiger partial charge in [0.1, 0.15) is 11.3 Å². The van der Waals surface area contributed by atoms with E-state index in [0.29, 0.717) is 29.7 Å². The maximum absolute atomic E-state index is 14.8. The van der Waals surface area contributed by atoms with Gasteiger partial charge >= 0.3 is 6.18 Å². The van der Waals surface area contributed by atoms with Crippen molar-refractivity contribution >= 4 is 33.2 Å². The molecule has 1 unspecified atom stereocenters. The topological polar surface area (TPSA) is 108 Å². The van der Waals surface area contributed by atoms with Crippen LogP contribution in [0.5, 0.6) is 11.5 Å². The van der Waals surface area contributed by atoms with Crippen LogP contribution in [0.4, 0.5) is 22.0 Å². The van der Waals surface area contributed by atoms with E-state index in [2.05, 4.69) is 20.6 Å². The molecule has 3 heterocycles. The summed E-state index contributed by atoms with van der Waals surface area (Å²) in [4.78, 5) is 27.6. The van der Waals surface area contributed by atoms with E-state index in [9.17, 15) is 31.5 Å². The fraction of sp³-hybridized carbons (Fsp3) is 0.321. The molecular weight excluding hydrogens is 597 g/mol. The van der Waals surface area contributed by atoms with Gasteiger partial charge in [-0.2, -0.15) is 27.8 Å². The van der Waals surface area contributed by atoms with Crippen molar-refractivity contribution in [3.63, 3.8) is 0 Å². The van der Waals surface area contributed by atoms with Crippen LogP contribution < -0.4 is 20.5 Å². The van der Waals surface area contributed by atoms with Crippen molar-refractivity contribution in [3.8, 4) is 22.8 Å². The van der Waals surface area contributed by atoms with E-state index in [1.54, 1.807) is 13.0 Å². The number of unbranched alkanes of at least 4 members (excludes halogenated alkanes) is 1. The van der Waals surface area contributed by atoms with Crippen LogP contribution >= 0.6 is 11.3 Å². The number of hydrazone groups is 1. The standard InChI is InChI=1S/C28H24F5N5O4S/c1-14-13-20(39)35-36-24(14)16-6-8-18(23(30)22(16)29)42-12-4-3-11-38-21(40)10-7-17(37-38)15-5-9-19(41-2)25-26(15)43-27(34-25)28(31,32)33/h5-10,14H,3-4,11-13H2,1-2H3,(H,35,39). The van der Waals surface area contributed by atoms with Crippen LogP contribution in [-0.4, -0.2) is 40.1 Å². The Balaban J connectivity index is 1.25. The molecule has 5 rings (SSSR count). The summed E-state index contributed by atoms with van der Waals surface area (Å²) in [6.07, 6.45) is -3.80. The Labute approximate surface area is 245 Å². The van der Waals surface area contributed by atoms with Gasteiger partial charge in [0, 0.05) is 36.1 Å². The van der Waals surface area contributed by atoms with E-state index in [1.807, 2.05) is 0 Å². The number of nitrogens with one attached hydrogen (secondary N) is 1. The molecule has 226 valence electrons. The van der Waals surface area contributed by atoms with Gasteiger partial charge in [-0.1, -0.05) is 6.92 Å². The number of amides is 1. The van der Waals surface area contributed by atoms with E-state index >= 15 is 0 Å². The second-order valence-electron chi connectivity index (χ2n) is 9.72. The minimum atomic E-state index is -4.64. The molecule has 4 aromatic rings. The minimum Gasteiger partial charge on any atom is -0.494 e. The van der Waals surface area contributed by atoms with E-state index in [0.717, 1.165) is 0 Å². The monoisotopic (exact) mass is 621 g/mol. The summed E-state index contributed by atoms with van der Waals surface area (Å²) < 4.78 is 81.6. The first-order valence-electron chi connectivity index (χ1n) is 13.1. The minimum absolute atomic E-state index is 0.0116. The number of fused-ring (bicyclic) bond motifs is 1. The summed E-state index contributed by atoms with van der Waals surface area (Å²) in [5.41, 5.74) is 2.69. The van der Waals surface area contributed by atoms with Gasteiger partial charge in [-0.05, 0) is 43.2 Å². The molecule has 15 heteroatoms. The summed E-state index contributed by atoms with van der Waals surface area (Å²) in [6.45, 7) is 1.85. The molecule has 0 saturated heterocycles. The molecule has 1 amide bonds. The highest BCUT2D eigenvalue weighted by molar-refractivity contribution is 7.19. The largest absolute Gasteiger partial charge is 0.494 e. The number of hydrogen-bond acceptors (Lipinski definition) is 8. The van der Waals surface area contributed by atoms with E-state index in [1.165, 1.54) is 42.1 Å². The number of methoxy groups -OCH3 is 1. The smallest absolute Gasteiger partial charge is 0.443 e. The quantitative estimate of drug-likeness (QED) is 0.194. The van der Waals surface area contributed by atoms with Crippen molar-refractivity contribution in [2.75, 3.05) is 13.7 Å². The number of thiazole rings is 1. The fourth-order valence-electron chi connectivity index (χ4n) is 4.59. The third-order valence-electron chi connectivity index (χ3n) is 6.72. The average molecular weight is 622 g/mol. The van der Waals surface area contributed by atoms with Gasteiger partial charge < -0.3 is 9.47 Å². The highest BCUT2D eigenvalue weighted by atomic mass is 32.1. The molecule has 1 aliphatic rings. The second-order valence-corrected chi connectivity index (χ2v) is 10.7. The van der Waals surface area contributed by atoms with Crippen LogP contribution in [0.15, 0.2) is 46.3 Å². The fourth-order valence-corrected chi connectivity index (χ4v) is 5.56. The molecule has 1 N–H and O–H groups in total. The zero-order valence-electron chi connectivity index (χ0n) is 22.8.